The summed E-state index contributed by atoms with van der Waals surface area (Å²) in [5.41, 5.74) is 2.12. The van der Waals surface area contributed by atoms with Crippen LogP contribution in [0.1, 0.15) is 21.5 Å². The molecule has 0 aliphatic heterocycles. The van der Waals surface area contributed by atoms with Crippen LogP contribution in [0.5, 0.6) is 0 Å². The molecule has 0 amide bonds. The molecule has 0 atom stereocenters. The zero-order valence-electron chi connectivity index (χ0n) is 10.3. The summed E-state index contributed by atoms with van der Waals surface area (Å²) in [4.78, 5) is 12.7. The molecule has 0 unspecified atom stereocenters. The Kier molecular flexibility index (Phi) is 3.53. The number of rotatable bonds is 4. The number of nitriles is 1. The molecule has 2 rings (SSSR count). The topological polar surface area (TPSA) is 77.5 Å². The van der Waals surface area contributed by atoms with Crippen molar-refractivity contribution in [3.8, 4) is 6.07 Å². The molecule has 0 spiro atoms. The summed E-state index contributed by atoms with van der Waals surface area (Å²) in [5.74, 6) is -1.04. The zero-order chi connectivity index (χ0) is 13.8. The first-order chi connectivity index (χ1) is 9.11. The van der Waals surface area contributed by atoms with E-state index in [2.05, 4.69) is 0 Å². The largest absolute Gasteiger partial charge is 0.478 e. The van der Waals surface area contributed by atoms with Crippen LogP contribution in [0.25, 0.3) is 0 Å². The van der Waals surface area contributed by atoms with E-state index in [0.29, 0.717) is 17.8 Å². The Bertz CT molecular complexity index is 627. The van der Waals surface area contributed by atoms with Gasteiger partial charge in [-0.2, -0.15) is 5.26 Å². The summed E-state index contributed by atoms with van der Waals surface area (Å²) in [6, 6.07) is 8.37. The first-order valence-corrected chi connectivity index (χ1v) is 5.61. The Labute approximate surface area is 110 Å². The fourth-order valence-corrected chi connectivity index (χ4v) is 1.83. The second-order valence-corrected chi connectivity index (χ2v) is 4.14. The van der Waals surface area contributed by atoms with E-state index in [1.54, 1.807) is 18.6 Å². The van der Waals surface area contributed by atoms with Gasteiger partial charge in [-0.25, -0.2) is 4.79 Å². The Balaban J connectivity index is 2.29. The van der Waals surface area contributed by atoms with E-state index in [9.17, 15) is 4.79 Å². The van der Waals surface area contributed by atoms with Gasteiger partial charge in [-0.15, -0.1) is 0 Å². The van der Waals surface area contributed by atoms with E-state index in [1.165, 1.54) is 12.1 Å². The van der Waals surface area contributed by atoms with Crippen molar-refractivity contribution in [2.24, 2.45) is 0 Å². The highest BCUT2D eigenvalue weighted by molar-refractivity contribution is 5.89. The van der Waals surface area contributed by atoms with E-state index < -0.39 is 5.97 Å². The molecule has 0 saturated heterocycles. The summed E-state index contributed by atoms with van der Waals surface area (Å²) in [6.45, 7) is 0.581. The van der Waals surface area contributed by atoms with Crippen LogP contribution in [0.3, 0.4) is 0 Å². The van der Waals surface area contributed by atoms with Crippen LogP contribution >= 0.6 is 0 Å². The maximum absolute atomic E-state index is 10.9. The number of aromatic carboxylic acids is 1. The highest BCUT2D eigenvalue weighted by atomic mass is 16.4. The van der Waals surface area contributed by atoms with E-state index in [0.717, 1.165) is 5.56 Å². The SMILES string of the molecule is CN(Cc1ccoc1)c1ccc(C(=O)O)cc1C#N. The standard InChI is InChI=1S/C14H12N2O3/c1-16(8-10-4-5-19-9-10)13-3-2-11(14(17)18)6-12(13)7-15/h2-6,9H,8H2,1H3,(H,17,18). The molecule has 1 aromatic heterocycles. The second kappa shape index (κ2) is 5.27. The second-order valence-electron chi connectivity index (χ2n) is 4.14. The molecule has 96 valence electrons. The van der Waals surface area contributed by atoms with Gasteiger partial charge < -0.3 is 14.4 Å². The van der Waals surface area contributed by atoms with Crippen molar-refractivity contribution in [2.45, 2.75) is 6.54 Å². The predicted molar refractivity (Wildman–Crippen MR) is 68.9 cm³/mol. The van der Waals surface area contributed by atoms with Gasteiger partial charge in [0.25, 0.3) is 0 Å². The lowest BCUT2D eigenvalue weighted by molar-refractivity contribution is 0.0697. The van der Waals surface area contributed by atoms with Crippen molar-refractivity contribution in [1.82, 2.24) is 0 Å². The maximum Gasteiger partial charge on any atom is 0.335 e. The lowest BCUT2D eigenvalue weighted by Crippen LogP contribution is -2.17. The van der Waals surface area contributed by atoms with Crippen molar-refractivity contribution in [1.29, 1.82) is 5.26 Å². The number of nitrogens with zero attached hydrogens (tertiary/aromatic N) is 2. The predicted octanol–water partition coefficient (Wildman–Crippen LogP) is 2.49. The van der Waals surface area contributed by atoms with E-state index in [1.807, 2.05) is 24.1 Å². The van der Waals surface area contributed by atoms with Crippen LogP contribution in [-0.4, -0.2) is 18.1 Å². The summed E-state index contributed by atoms with van der Waals surface area (Å²) in [7, 11) is 1.84. The third kappa shape index (κ3) is 2.75. The quantitative estimate of drug-likeness (QED) is 0.909. The van der Waals surface area contributed by atoms with Crippen LogP contribution in [0.15, 0.2) is 41.2 Å². The van der Waals surface area contributed by atoms with Gasteiger partial charge in [-0.3, -0.25) is 0 Å². The molecule has 0 radical (unpaired) electrons. The highest BCUT2D eigenvalue weighted by Crippen LogP contribution is 2.22. The van der Waals surface area contributed by atoms with E-state index in [-0.39, 0.29) is 5.56 Å². The Morgan fingerprint density at radius 1 is 1.47 bits per heavy atom. The zero-order valence-corrected chi connectivity index (χ0v) is 10.3. The number of carboxylic acid groups (broad SMARTS) is 1. The first kappa shape index (κ1) is 12.7. The van der Waals surface area contributed by atoms with Gasteiger partial charge in [0.1, 0.15) is 6.07 Å². The van der Waals surface area contributed by atoms with E-state index >= 15 is 0 Å². The average molecular weight is 256 g/mol. The van der Waals surface area contributed by atoms with Crippen molar-refractivity contribution >= 4 is 11.7 Å². The number of carboxylic acids is 1. The highest BCUT2D eigenvalue weighted by Gasteiger charge is 2.12. The minimum Gasteiger partial charge on any atom is -0.478 e. The molecular weight excluding hydrogens is 244 g/mol. The number of anilines is 1. The maximum atomic E-state index is 10.9. The molecule has 1 N–H and O–H groups in total. The van der Waals surface area contributed by atoms with Gasteiger partial charge in [0.2, 0.25) is 0 Å². The third-order valence-electron chi connectivity index (χ3n) is 2.78. The Morgan fingerprint density at radius 3 is 2.84 bits per heavy atom. The molecule has 0 aliphatic carbocycles. The van der Waals surface area contributed by atoms with Crippen molar-refractivity contribution in [3.63, 3.8) is 0 Å². The minimum absolute atomic E-state index is 0.108. The van der Waals surface area contributed by atoms with E-state index in [4.69, 9.17) is 14.8 Å². The number of benzene rings is 1. The van der Waals surface area contributed by atoms with Gasteiger partial charge in [-0.1, -0.05) is 0 Å². The monoisotopic (exact) mass is 256 g/mol. The molecule has 1 aromatic carbocycles. The molecule has 5 heteroatoms. The summed E-state index contributed by atoms with van der Waals surface area (Å²) < 4.78 is 4.99. The first-order valence-electron chi connectivity index (χ1n) is 5.61. The molecule has 0 fully saturated rings. The van der Waals surface area contributed by atoms with Crippen LogP contribution in [-0.2, 0) is 6.54 Å². The lowest BCUT2D eigenvalue weighted by atomic mass is 10.1. The number of carbonyl (C=O) groups is 1. The van der Waals surface area contributed by atoms with Gasteiger partial charge in [0.15, 0.2) is 0 Å². The fourth-order valence-electron chi connectivity index (χ4n) is 1.83. The Morgan fingerprint density at radius 2 is 2.26 bits per heavy atom. The molecule has 19 heavy (non-hydrogen) atoms. The molecule has 0 aliphatic rings. The number of hydrogen-bond donors (Lipinski definition) is 1. The molecule has 0 bridgehead atoms. The summed E-state index contributed by atoms with van der Waals surface area (Å²) >= 11 is 0. The van der Waals surface area contributed by atoms with Gasteiger partial charge >= 0.3 is 5.97 Å². The summed E-state index contributed by atoms with van der Waals surface area (Å²) in [6.07, 6.45) is 3.22. The molecule has 2 aromatic rings. The van der Waals surface area contributed by atoms with Crippen LogP contribution in [0.4, 0.5) is 5.69 Å². The van der Waals surface area contributed by atoms with Crippen molar-refractivity contribution in [2.75, 3.05) is 11.9 Å². The Hall–Kier alpha value is -2.74. The number of hydrogen-bond acceptors (Lipinski definition) is 4. The molecule has 5 nitrogen and oxygen atoms in total. The number of furan rings is 1. The molecule has 0 saturated carbocycles. The molecule has 1 heterocycles. The fraction of sp³-hybridized carbons (Fsp3) is 0.143. The molecular formula is C14H12N2O3. The average Bonchev–Trinajstić information content (AvgIpc) is 2.90. The van der Waals surface area contributed by atoms with Crippen molar-refractivity contribution < 1.29 is 14.3 Å². The summed E-state index contributed by atoms with van der Waals surface area (Å²) in [5, 5.41) is 18.0. The van der Waals surface area contributed by atoms with Gasteiger partial charge in [0, 0.05) is 19.2 Å². The van der Waals surface area contributed by atoms with Gasteiger partial charge in [0.05, 0.1) is 29.3 Å². The van der Waals surface area contributed by atoms with Crippen molar-refractivity contribution in [3.05, 3.63) is 53.5 Å². The minimum atomic E-state index is -1.04. The van der Waals surface area contributed by atoms with Crippen LogP contribution < -0.4 is 4.90 Å². The smallest absolute Gasteiger partial charge is 0.335 e. The van der Waals surface area contributed by atoms with Crippen LogP contribution in [0.2, 0.25) is 0 Å². The normalized spacial score (nSPS) is 9.89. The lowest BCUT2D eigenvalue weighted by Gasteiger charge is -2.19. The third-order valence-corrected chi connectivity index (χ3v) is 2.78. The van der Waals surface area contributed by atoms with Crippen LogP contribution in [0, 0.1) is 11.3 Å². The van der Waals surface area contributed by atoms with Gasteiger partial charge in [-0.05, 0) is 24.3 Å².